The van der Waals surface area contributed by atoms with Crippen LogP contribution < -0.4 is 4.57 Å². The number of hydrogen-bond donors (Lipinski definition) is 1. The van der Waals surface area contributed by atoms with Gasteiger partial charge < -0.3 is 5.11 Å². The standard InChI is InChI=1S/C13H17N2O/c1-12(16)9-14-7-8-15(11-14)10-13-5-3-2-4-6-13/h2-8,11-12,16H,9-10H2,1H3/q+1. The van der Waals surface area contributed by atoms with Gasteiger partial charge in [-0.25, -0.2) is 9.13 Å². The number of hydrogen-bond acceptors (Lipinski definition) is 1. The zero-order valence-corrected chi connectivity index (χ0v) is 9.45. The molecule has 16 heavy (non-hydrogen) atoms. The van der Waals surface area contributed by atoms with Gasteiger partial charge in [-0.15, -0.1) is 0 Å². The van der Waals surface area contributed by atoms with Crippen molar-refractivity contribution in [2.24, 2.45) is 0 Å². The van der Waals surface area contributed by atoms with Gasteiger partial charge in [-0.05, 0) is 12.5 Å². The second-order valence-electron chi connectivity index (χ2n) is 4.12. The summed E-state index contributed by atoms with van der Waals surface area (Å²) >= 11 is 0. The third-order valence-corrected chi connectivity index (χ3v) is 2.43. The van der Waals surface area contributed by atoms with Crippen molar-refractivity contribution in [2.45, 2.75) is 26.1 Å². The average molecular weight is 217 g/mol. The van der Waals surface area contributed by atoms with Crippen LogP contribution in [0.15, 0.2) is 49.1 Å². The van der Waals surface area contributed by atoms with Crippen molar-refractivity contribution in [3.8, 4) is 0 Å². The lowest BCUT2D eigenvalue weighted by Crippen LogP contribution is -2.31. The molecule has 3 heteroatoms. The summed E-state index contributed by atoms with van der Waals surface area (Å²) in [5.74, 6) is 0. The fourth-order valence-corrected chi connectivity index (χ4v) is 1.74. The molecule has 1 atom stereocenters. The summed E-state index contributed by atoms with van der Waals surface area (Å²) in [6.45, 7) is 3.30. The zero-order chi connectivity index (χ0) is 11.4. The Bertz CT molecular complexity index is 434. The molecule has 0 bridgehead atoms. The lowest BCUT2D eigenvalue weighted by Gasteiger charge is -1.99. The molecule has 0 saturated heterocycles. The quantitative estimate of drug-likeness (QED) is 0.766. The molecule has 0 radical (unpaired) electrons. The average Bonchev–Trinajstić information content (AvgIpc) is 2.66. The Balaban J connectivity index is 2.03. The molecule has 0 saturated carbocycles. The second-order valence-corrected chi connectivity index (χ2v) is 4.12. The Labute approximate surface area is 95.6 Å². The van der Waals surface area contributed by atoms with E-state index in [9.17, 15) is 5.11 Å². The first-order valence-corrected chi connectivity index (χ1v) is 5.51. The molecule has 2 rings (SSSR count). The Kier molecular flexibility index (Phi) is 3.37. The Hall–Kier alpha value is -1.61. The number of aliphatic hydroxyl groups is 1. The maximum atomic E-state index is 9.27. The SMILES string of the molecule is CC(O)Cn1cc[n+](Cc2ccccc2)c1. The molecule has 1 N–H and O–H groups in total. The highest BCUT2D eigenvalue weighted by Crippen LogP contribution is 1.97. The minimum atomic E-state index is -0.308. The van der Waals surface area contributed by atoms with Gasteiger partial charge in [0, 0.05) is 0 Å². The van der Waals surface area contributed by atoms with E-state index >= 15 is 0 Å². The van der Waals surface area contributed by atoms with Gasteiger partial charge in [0.25, 0.3) is 0 Å². The van der Waals surface area contributed by atoms with Gasteiger partial charge in [-0.3, -0.25) is 0 Å². The van der Waals surface area contributed by atoms with Crippen LogP contribution in [0.4, 0.5) is 0 Å². The predicted molar refractivity (Wildman–Crippen MR) is 61.9 cm³/mol. The molecule has 0 amide bonds. The van der Waals surface area contributed by atoms with Crippen LogP contribution in [0, 0.1) is 0 Å². The van der Waals surface area contributed by atoms with Gasteiger partial charge in [-0.1, -0.05) is 30.3 Å². The summed E-state index contributed by atoms with van der Waals surface area (Å²) in [7, 11) is 0. The van der Waals surface area contributed by atoms with Crippen LogP contribution in [0.2, 0.25) is 0 Å². The van der Waals surface area contributed by atoms with Crippen LogP contribution in [0.25, 0.3) is 0 Å². The van der Waals surface area contributed by atoms with Crippen molar-refractivity contribution >= 4 is 0 Å². The third kappa shape index (κ3) is 2.94. The van der Waals surface area contributed by atoms with Gasteiger partial charge >= 0.3 is 0 Å². The van der Waals surface area contributed by atoms with E-state index in [0.717, 1.165) is 6.54 Å². The molecule has 1 aromatic heterocycles. The molecule has 0 fully saturated rings. The summed E-state index contributed by atoms with van der Waals surface area (Å²) in [5.41, 5.74) is 1.28. The van der Waals surface area contributed by atoms with Crippen molar-refractivity contribution in [2.75, 3.05) is 0 Å². The Morgan fingerprint density at radius 1 is 1.31 bits per heavy atom. The van der Waals surface area contributed by atoms with Gasteiger partial charge in [0.2, 0.25) is 6.33 Å². The molecule has 1 heterocycles. The van der Waals surface area contributed by atoms with E-state index in [-0.39, 0.29) is 6.10 Å². The topological polar surface area (TPSA) is 29.0 Å². The van der Waals surface area contributed by atoms with Crippen molar-refractivity contribution in [1.29, 1.82) is 0 Å². The van der Waals surface area contributed by atoms with E-state index in [1.165, 1.54) is 5.56 Å². The van der Waals surface area contributed by atoms with Crippen molar-refractivity contribution in [3.05, 3.63) is 54.6 Å². The number of aliphatic hydroxyl groups excluding tert-OH is 1. The fourth-order valence-electron chi connectivity index (χ4n) is 1.74. The van der Waals surface area contributed by atoms with Gasteiger partial charge in [0.1, 0.15) is 25.5 Å². The first-order valence-electron chi connectivity index (χ1n) is 5.51. The highest BCUT2D eigenvalue weighted by Gasteiger charge is 2.06. The lowest BCUT2D eigenvalue weighted by molar-refractivity contribution is -0.687. The number of imidazole rings is 1. The lowest BCUT2D eigenvalue weighted by atomic mass is 10.2. The fraction of sp³-hybridized carbons (Fsp3) is 0.308. The summed E-state index contributed by atoms with van der Waals surface area (Å²) < 4.78 is 4.10. The first kappa shape index (κ1) is 10.9. The highest BCUT2D eigenvalue weighted by atomic mass is 16.3. The smallest absolute Gasteiger partial charge is 0.244 e. The van der Waals surface area contributed by atoms with Crippen LogP contribution in [0.5, 0.6) is 0 Å². The summed E-state index contributed by atoms with van der Waals surface area (Å²) in [5, 5.41) is 9.27. The molecule has 0 spiro atoms. The van der Waals surface area contributed by atoms with Crippen molar-refractivity contribution < 1.29 is 9.67 Å². The van der Waals surface area contributed by atoms with E-state index in [2.05, 4.69) is 16.7 Å². The molecular weight excluding hydrogens is 200 g/mol. The summed E-state index contributed by atoms with van der Waals surface area (Å²) in [6.07, 6.45) is 5.71. The van der Waals surface area contributed by atoms with E-state index in [0.29, 0.717) is 6.54 Å². The molecule has 1 unspecified atom stereocenters. The zero-order valence-electron chi connectivity index (χ0n) is 9.45. The minimum Gasteiger partial charge on any atom is -0.389 e. The molecular formula is C13H17N2O+. The van der Waals surface area contributed by atoms with Gasteiger partial charge in [0.15, 0.2) is 0 Å². The highest BCUT2D eigenvalue weighted by molar-refractivity contribution is 5.13. The second kappa shape index (κ2) is 4.94. The molecule has 1 aromatic carbocycles. The Morgan fingerprint density at radius 2 is 2.06 bits per heavy atom. The van der Waals surface area contributed by atoms with Crippen LogP contribution in [-0.2, 0) is 13.1 Å². The number of benzene rings is 1. The first-order chi connectivity index (χ1) is 7.74. The van der Waals surface area contributed by atoms with Crippen LogP contribution >= 0.6 is 0 Å². The van der Waals surface area contributed by atoms with E-state index < -0.39 is 0 Å². The van der Waals surface area contributed by atoms with Gasteiger partial charge in [0.05, 0.1) is 6.10 Å². The van der Waals surface area contributed by atoms with Crippen molar-refractivity contribution in [1.82, 2.24) is 4.57 Å². The number of aromatic nitrogens is 2. The van der Waals surface area contributed by atoms with Gasteiger partial charge in [-0.2, -0.15) is 0 Å². The Morgan fingerprint density at radius 3 is 2.75 bits per heavy atom. The third-order valence-electron chi connectivity index (χ3n) is 2.43. The van der Waals surface area contributed by atoms with E-state index in [1.807, 2.05) is 41.5 Å². The number of nitrogens with zero attached hydrogens (tertiary/aromatic N) is 2. The molecule has 2 aromatic rings. The normalized spacial score (nSPS) is 12.6. The molecule has 84 valence electrons. The van der Waals surface area contributed by atoms with E-state index in [4.69, 9.17) is 0 Å². The maximum absolute atomic E-state index is 9.27. The summed E-state index contributed by atoms with van der Waals surface area (Å²) in [4.78, 5) is 0. The van der Waals surface area contributed by atoms with Crippen LogP contribution in [0.3, 0.4) is 0 Å². The molecule has 0 aliphatic heterocycles. The largest absolute Gasteiger partial charge is 0.389 e. The molecule has 0 aliphatic carbocycles. The van der Waals surface area contributed by atoms with Crippen LogP contribution in [-0.4, -0.2) is 15.8 Å². The molecule has 3 nitrogen and oxygen atoms in total. The predicted octanol–water partition coefficient (Wildman–Crippen LogP) is 1.20. The van der Waals surface area contributed by atoms with E-state index in [1.54, 1.807) is 6.92 Å². The summed E-state index contributed by atoms with van der Waals surface area (Å²) in [6, 6.07) is 10.3. The maximum Gasteiger partial charge on any atom is 0.244 e. The molecule has 0 aliphatic rings. The van der Waals surface area contributed by atoms with Crippen molar-refractivity contribution in [3.63, 3.8) is 0 Å². The number of rotatable bonds is 4. The monoisotopic (exact) mass is 217 g/mol. The minimum absolute atomic E-state index is 0.308. The van der Waals surface area contributed by atoms with Crippen LogP contribution in [0.1, 0.15) is 12.5 Å².